The van der Waals surface area contributed by atoms with Crippen molar-refractivity contribution in [2.24, 2.45) is 5.73 Å². The van der Waals surface area contributed by atoms with Gasteiger partial charge in [0, 0.05) is 12.2 Å². The molecule has 0 aliphatic rings. The molecule has 5 heteroatoms. The summed E-state index contributed by atoms with van der Waals surface area (Å²) < 4.78 is 5.26. The summed E-state index contributed by atoms with van der Waals surface area (Å²) in [6.07, 6.45) is 2.61. The van der Waals surface area contributed by atoms with E-state index >= 15 is 0 Å². The van der Waals surface area contributed by atoms with E-state index in [9.17, 15) is 0 Å². The average molecular weight is 246 g/mol. The van der Waals surface area contributed by atoms with Crippen LogP contribution in [0.3, 0.4) is 0 Å². The Hall–Kier alpha value is -1.75. The van der Waals surface area contributed by atoms with E-state index in [0.717, 1.165) is 17.7 Å². The van der Waals surface area contributed by atoms with E-state index < -0.39 is 0 Å². The van der Waals surface area contributed by atoms with Crippen LogP contribution in [-0.2, 0) is 0 Å². The molecule has 0 saturated heterocycles. The lowest BCUT2D eigenvalue weighted by Crippen LogP contribution is -2.25. The summed E-state index contributed by atoms with van der Waals surface area (Å²) in [4.78, 5) is 8.60. The van der Waals surface area contributed by atoms with Gasteiger partial charge in [0.15, 0.2) is 0 Å². The van der Waals surface area contributed by atoms with Crippen LogP contribution in [0, 0.1) is 6.92 Å². The van der Waals surface area contributed by atoms with Crippen molar-refractivity contribution in [2.45, 2.75) is 39.2 Å². The molecule has 2 atom stereocenters. The highest BCUT2D eigenvalue weighted by atomic mass is 16.5. The molecule has 0 bridgehead atoms. The number of nitrogens with zero attached hydrogens (tertiary/aromatic N) is 3. The van der Waals surface area contributed by atoms with Gasteiger partial charge in [0.05, 0.1) is 5.92 Å². The van der Waals surface area contributed by atoms with Crippen LogP contribution in [0.4, 0.5) is 0 Å². The molecule has 2 N–H and O–H groups in total. The fraction of sp³-hybridized carbons (Fsp3) is 0.462. The Morgan fingerprint density at radius 1 is 1.44 bits per heavy atom. The zero-order chi connectivity index (χ0) is 13.1. The minimum absolute atomic E-state index is 0.0313. The van der Waals surface area contributed by atoms with Crippen LogP contribution in [0.25, 0.3) is 11.5 Å². The van der Waals surface area contributed by atoms with Crippen molar-refractivity contribution in [1.82, 2.24) is 15.1 Å². The van der Waals surface area contributed by atoms with E-state index in [1.165, 1.54) is 0 Å². The molecule has 18 heavy (non-hydrogen) atoms. The minimum Gasteiger partial charge on any atom is -0.339 e. The van der Waals surface area contributed by atoms with E-state index in [2.05, 4.69) is 15.1 Å². The number of nitrogens with two attached hydrogens (primary N) is 1. The number of aromatic nitrogens is 3. The maximum Gasteiger partial charge on any atom is 0.231 e. The lowest BCUT2D eigenvalue weighted by atomic mass is 10.0. The number of hydrogen-bond donors (Lipinski definition) is 1. The van der Waals surface area contributed by atoms with Gasteiger partial charge in [0.25, 0.3) is 0 Å². The lowest BCUT2D eigenvalue weighted by molar-refractivity contribution is 0.340. The molecule has 0 spiro atoms. The zero-order valence-corrected chi connectivity index (χ0v) is 10.9. The molecular weight excluding hydrogens is 228 g/mol. The third kappa shape index (κ3) is 2.56. The fourth-order valence-corrected chi connectivity index (χ4v) is 1.72. The standard InChI is InChI=1S/C13H18N4O/c1-4-10(14)9(3)13-16-12(17-18-13)11-7-8(2)5-6-15-11/h5-7,9-10H,4,14H2,1-3H3. The van der Waals surface area contributed by atoms with Gasteiger partial charge < -0.3 is 10.3 Å². The van der Waals surface area contributed by atoms with E-state index in [1.807, 2.05) is 32.9 Å². The molecule has 0 amide bonds. The number of hydrogen-bond acceptors (Lipinski definition) is 5. The predicted octanol–water partition coefficient (Wildman–Crippen LogP) is 2.28. The molecule has 0 aliphatic carbocycles. The van der Waals surface area contributed by atoms with E-state index in [0.29, 0.717) is 11.7 Å². The normalized spacial score (nSPS) is 14.4. The fourth-order valence-electron chi connectivity index (χ4n) is 1.72. The SMILES string of the molecule is CCC(N)C(C)c1nc(-c2cc(C)ccn2)no1. The molecule has 2 unspecified atom stereocenters. The third-order valence-electron chi connectivity index (χ3n) is 3.09. The Morgan fingerprint density at radius 3 is 2.89 bits per heavy atom. The number of rotatable bonds is 4. The van der Waals surface area contributed by atoms with E-state index in [4.69, 9.17) is 10.3 Å². The van der Waals surface area contributed by atoms with Gasteiger partial charge in [-0.2, -0.15) is 4.98 Å². The van der Waals surface area contributed by atoms with Crippen molar-refractivity contribution >= 4 is 0 Å². The highest BCUT2D eigenvalue weighted by Gasteiger charge is 2.20. The Labute approximate surface area is 106 Å². The second-order valence-electron chi connectivity index (χ2n) is 4.54. The molecule has 0 saturated carbocycles. The van der Waals surface area contributed by atoms with Gasteiger partial charge in [0.2, 0.25) is 11.7 Å². The van der Waals surface area contributed by atoms with Crippen molar-refractivity contribution in [1.29, 1.82) is 0 Å². The van der Waals surface area contributed by atoms with Crippen LogP contribution in [-0.4, -0.2) is 21.2 Å². The van der Waals surface area contributed by atoms with Gasteiger partial charge in [0.1, 0.15) is 5.69 Å². The summed E-state index contributed by atoms with van der Waals surface area (Å²) in [5, 5.41) is 3.96. The van der Waals surface area contributed by atoms with Gasteiger partial charge in [-0.25, -0.2) is 0 Å². The minimum atomic E-state index is 0.0313. The topological polar surface area (TPSA) is 77.8 Å². The summed E-state index contributed by atoms with van der Waals surface area (Å²) in [6.45, 7) is 6.04. The molecule has 2 aromatic rings. The van der Waals surface area contributed by atoms with Crippen LogP contribution in [0.15, 0.2) is 22.9 Å². The Bertz CT molecular complexity index is 523. The third-order valence-corrected chi connectivity index (χ3v) is 3.09. The van der Waals surface area contributed by atoms with E-state index in [-0.39, 0.29) is 12.0 Å². The van der Waals surface area contributed by atoms with Crippen molar-refractivity contribution in [2.75, 3.05) is 0 Å². The van der Waals surface area contributed by atoms with Crippen LogP contribution < -0.4 is 5.73 Å². The lowest BCUT2D eigenvalue weighted by Gasteiger charge is -2.13. The zero-order valence-electron chi connectivity index (χ0n) is 10.9. The van der Waals surface area contributed by atoms with Crippen molar-refractivity contribution in [3.63, 3.8) is 0 Å². The quantitative estimate of drug-likeness (QED) is 0.895. The van der Waals surface area contributed by atoms with Crippen LogP contribution >= 0.6 is 0 Å². The molecule has 0 radical (unpaired) electrons. The summed E-state index contributed by atoms with van der Waals surface area (Å²) >= 11 is 0. The van der Waals surface area contributed by atoms with E-state index in [1.54, 1.807) is 6.20 Å². The maximum absolute atomic E-state index is 5.98. The van der Waals surface area contributed by atoms with Gasteiger partial charge in [-0.3, -0.25) is 4.98 Å². The first-order valence-electron chi connectivity index (χ1n) is 6.14. The van der Waals surface area contributed by atoms with Crippen molar-refractivity contribution in [3.05, 3.63) is 29.8 Å². The predicted molar refractivity (Wildman–Crippen MR) is 68.9 cm³/mol. The van der Waals surface area contributed by atoms with Gasteiger partial charge in [-0.05, 0) is 31.0 Å². The van der Waals surface area contributed by atoms with Crippen LogP contribution in [0.2, 0.25) is 0 Å². The molecule has 96 valence electrons. The first-order valence-corrected chi connectivity index (χ1v) is 6.14. The molecular formula is C13H18N4O. The number of pyridine rings is 1. The van der Waals surface area contributed by atoms with Gasteiger partial charge >= 0.3 is 0 Å². The average Bonchev–Trinajstić information content (AvgIpc) is 2.86. The maximum atomic E-state index is 5.98. The Morgan fingerprint density at radius 2 is 2.22 bits per heavy atom. The molecule has 5 nitrogen and oxygen atoms in total. The Kier molecular flexibility index (Phi) is 3.72. The highest BCUT2D eigenvalue weighted by molar-refractivity contribution is 5.49. The first kappa shape index (κ1) is 12.7. The highest BCUT2D eigenvalue weighted by Crippen LogP contribution is 2.21. The first-order chi connectivity index (χ1) is 8.61. The number of aryl methyl sites for hydroxylation is 1. The van der Waals surface area contributed by atoms with Crippen LogP contribution in [0.5, 0.6) is 0 Å². The molecule has 2 aromatic heterocycles. The molecule has 0 aromatic carbocycles. The largest absolute Gasteiger partial charge is 0.339 e. The summed E-state index contributed by atoms with van der Waals surface area (Å²) in [5.41, 5.74) is 7.82. The van der Waals surface area contributed by atoms with Gasteiger partial charge in [-0.1, -0.05) is 19.0 Å². The molecule has 2 rings (SSSR count). The van der Waals surface area contributed by atoms with Crippen LogP contribution in [0.1, 0.15) is 37.6 Å². The molecule has 0 fully saturated rings. The molecule has 0 aliphatic heterocycles. The van der Waals surface area contributed by atoms with Crippen molar-refractivity contribution in [3.8, 4) is 11.5 Å². The smallest absolute Gasteiger partial charge is 0.231 e. The summed E-state index contributed by atoms with van der Waals surface area (Å²) in [6, 6.07) is 3.89. The van der Waals surface area contributed by atoms with Gasteiger partial charge in [-0.15, -0.1) is 0 Å². The second-order valence-corrected chi connectivity index (χ2v) is 4.54. The summed E-state index contributed by atoms with van der Waals surface area (Å²) in [5.74, 6) is 1.15. The molecule has 2 heterocycles. The Balaban J connectivity index is 2.25. The monoisotopic (exact) mass is 246 g/mol. The van der Waals surface area contributed by atoms with Crippen molar-refractivity contribution < 1.29 is 4.52 Å². The second kappa shape index (κ2) is 5.27. The summed E-state index contributed by atoms with van der Waals surface area (Å²) in [7, 11) is 0.